The van der Waals surface area contributed by atoms with Crippen molar-refractivity contribution >= 4 is 23.6 Å². The van der Waals surface area contributed by atoms with E-state index in [2.05, 4.69) is 10.3 Å². The van der Waals surface area contributed by atoms with Crippen molar-refractivity contribution in [3.63, 3.8) is 0 Å². The van der Waals surface area contributed by atoms with Gasteiger partial charge in [0, 0.05) is 23.5 Å². The van der Waals surface area contributed by atoms with E-state index in [0.717, 1.165) is 11.3 Å². The van der Waals surface area contributed by atoms with Crippen LogP contribution >= 0.6 is 11.6 Å². The second-order valence-corrected chi connectivity index (χ2v) is 4.65. The van der Waals surface area contributed by atoms with Crippen molar-refractivity contribution in [1.29, 1.82) is 0 Å². The molecule has 0 spiro atoms. The number of carbonyl (C=O) groups excluding carboxylic acids is 1. The maximum absolute atomic E-state index is 11.6. The minimum atomic E-state index is -0.168. The third-order valence-electron chi connectivity index (χ3n) is 2.60. The largest absolute Gasteiger partial charge is 0.492 e. The fourth-order valence-corrected chi connectivity index (χ4v) is 1.71. The highest BCUT2D eigenvalue weighted by Gasteiger charge is 1.97. The van der Waals surface area contributed by atoms with Crippen LogP contribution in [-0.2, 0) is 4.79 Å². The van der Waals surface area contributed by atoms with Gasteiger partial charge >= 0.3 is 0 Å². The van der Waals surface area contributed by atoms with Crippen LogP contribution in [0.4, 0.5) is 0 Å². The van der Waals surface area contributed by atoms with Gasteiger partial charge in [0.15, 0.2) is 0 Å². The van der Waals surface area contributed by atoms with Crippen LogP contribution in [0.1, 0.15) is 5.56 Å². The fraction of sp³-hybridized carbons (Fsp3) is 0.125. The fourth-order valence-electron chi connectivity index (χ4n) is 1.58. The van der Waals surface area contributed by atoms with Crippen molar-refractivity contribution in [2.45, 2.75) is 0 Å². The molecule has 1 aromatic heterocycles. The molecule has 0 aliphatic heterocycles. The van der Waals surface area contributed by atoms with Gasteiger partial charge in [-0.1, -0.05) is 17.7 Å². The molecule has 0 saturated carbocycles. The molecule has 0 bridgehead atoms. The van der Waals surface area contributed by atoms with Gasteiger partial charge in [0.05, 0.1) is 6.54 Å². The van der Waals surface area contributed by atoms with Gasteiger partial charge in [0.1, 0.15) is 12.4 Å². The van der Waals surface area contributed by atoms with Crippen molar-refractivity contribution < 1.29 is 9.53 Å². The third-order valence-corrected chi connectivity index (χ3v) is 2.85. The molecular formula is C16H15ClN2O2. The summed E-state index contributed by atoms with van der Waals surface area (Å²) in [4.78, 5) is 15.5. The van der Waals surface area contributed by atoms with Crippen LogP contribution < -0.4 is 10.1 Å². The number of nitrogens with zero attached hydrogens (tertiary/aromatic N) is 1. The first-order chi connectivity index (χ1) is 10.2. The minimum absolute atomic E-state index is 0.168. The molecule has 1 amide bonds. The zero-order valence-electron chi connectivity index (χ0n) is 11.3. The summed E-state index contributed by atoms with van der Waals surface area (Å²) in [6, 6.07) is 10.8. The quantitative estimate of drug-likeness (QED) is 0.659. The number of halogens is 1. The number of benzene rings is 1. The molecule has 21 heavy (non-hydrogen) atoms. The summed E-state index contributed by atoms with van der Waals surface area (Å²) < 4.78 is 5.47. The van der Waals surface area contributed by atoms with Gasteiger partial charge in [-0.25, -0.2) is 0 Å². The molecule has 1 heterocycles. The lowest BCUT2D eigenvalue weighted by Crippen LogP contribution is -2.26. The Kier molecular flexibility index (Phi) is 5.79. The van der Waals surface area contributed by atoms with Gasteiger partial charge in [-0.3, -0.25) is 9.78 Å². The van der Waals surface area contributed by atoms with Crippen LogP contribution in [0.2, 0.25) is 5.02 Å². The molecule has 0 fully saturated rings. The number of pyridine rings is 1. The Morgan fingerprint density at radius 2 is 2.10 bits per heavy atom. The number of hydrogen-bond acceptors (Lipinski definition) is 3. The zero-order valence-corrected chi connectivity index (χ0v) is 12.1. The van der Waals surface area contributed by atoms with Crippen molar-refractivity contribution in [2.24, 2.45) is 0 Å². The van der Waals surface area contributed by atoms with Gasteiger partial charge in [0.2, 0.25) is 5.91 Å². The number of rotatable bonds is 6. The highest BCUT2D eigenvalue weighted by atomic mass is 35.5. The first-order valence-electron chi connectivity index (χ1n) is 6.48. The van der Waals surface area contributed by atoms with E-state index in [9.17, 15) is 4.79 Å². The molecule has 2 rings (SSSR count). The Morgan fingerprint density at radius 3 is 2.81 bits per heavy atom. The van der Waals surface area contributed by atoms with Crippen molar-refractivity contribution in [3.05, 3.63) is 65.5 Å². The number of nitrogens with one attached hydrogen (secondary N) is 1. The molecular weight excluding hydrogens is 288 g/mol. The lowest BCUT2D eigenvalue weighted by atomic mass is 10.2. The maximum Gasteiger partial charge on any atom is 0.244 e. The van der Waals surface area contributed by atoms with Crippen LogP contribution in [0.3, 0.4) is 0 Å². The molecule has 0 aliphatic rings. The molecule has 0 saturated heterocycles. The smallest absolute Gasteiger partial charge is 0.244 e. The average Bonchev–Trinajstić information content (AvgIpc) is 2.52. The molecule has 0 unspecified atom stereocenters. The van der Waals surface area contributed by atoms with E-state index >= 15 is 0 Å². The van der Waals surface area contributed by atoms with E-state index in [-0.39, 0.29) is 5.91 Å². The summed E-state index contributed by atoms with van der Waals surface area (Å²) in [6.07, 6.45) is 6.56. The first kappa shape index (κ1) is 15.1. The summed E-state index contributed by atoms with van der Waals surface area (Å²) >= 11 is 5.78. The van der Waals surface area contributed by atoms with E-state index in [4.69, 9.17) is 16.3 Å². The molecule has 0 aliphatic carbocycles. The third kappa shape index (κ3) is 5.67. The second kappa shape index (κ2) is 8.07. The van der Waals surface area contributed by atoms with Crippen LogP contribution in [-0.4, -0.2) is 24.0 Å². The van der Waals surface area contributed by atoms with Crippen LogP contribution in [0, 0.1) is 0 Å². The monoisotopic (exact) mass is 302 g/mol. The number of aromatic nitrogens is 1. The van der Waals surface area contributed by atoms with Crippen LogP contribution in [0.25, 0.3) is 6.08 Å². The maximum atomic E-state index is 11.6. The molecule has 108 valence electrons. The Balaban J connectivity index is 1.67. The molecule has 5 heteroatoms. The predicted molar refractivity (Wildman–Crippen MR) is 83.2 cm³/mol. The van der Waals surface area contributed by atoms with Crippen molar-refractivity contribution in [1.82, 2.24) is 10.3 Å². The van der Waals surface area contributed by atoms with Crippen LogP contribution in [0.15, 0.2) is 54.9 Å². The minimum Gasteiger partial charge on any atom is -0.492 e. The standard InChI is InChI=1S/C16H15ClN2O2/c17-14-4-6-15(7-5-14)21-11-10-19-16(20)8-3-13-2-1-9-18-12-13/h1-9,12H,10-11H2,(H,19,20)/b8-3+. The van der Waals surface area contributed by atoms with E-state index in [1.54, 1.807) is 42.7 Å². The molecule has 0 atom stereocenters. The van der Waals surface area contributed by atoms with Gasteiger partial charge in [0.25, 0.3) is 0 Å². The Bertz CT molecular complexity index is 597. The molecule has 1 aromatic carbocycles. The predicted octanol–water partition coefficient (Wildman–Crippen LogP) is 2.94. The number of amides is 1. The Morgan fingerprint density at radius 1 is 1.29 bits per heavy atom. The van der Waals surface area contributed by atoms with Gasteiger partial charge < -0.3 is 10.1 Å². The lowest BCUT2D eigenvalue weighted by molar-refractivity contribution is -0.116. The summed E-state index contributed by atoms with van der Waals surface area (Å²) in [7, 11) is 0. The lowest BCUT2D eigenvalue weighted by Gasteiger charge is -2.06. The van der Waals surface area contributed by atoms with E-state index in [1.807, 2.05) is 12.1 Å². The van der Waals surface area contributed by atoms with E-state index < -0.39 is 0 Å². The SMILES string of the molecule is O=C(/C=C/c1cccnc1)NCCOc1ccc(Cl)cc1. The number of hydrogen-bond donors (Lipinski definition) is 1. The first-order valence-corrected chi connectivity index (χ1v) is 6.86. The zero-order chi connectivity index (χ0) is 14.9. The van der Waals surface area contributed by atoms with Gasteiger partial charge in [-0.2, -0.15) is 0 Å². The van der Waals surface area contributed by atoms with E-state index in [1.165, 1.54) is 6.08 Å². The van der Waals surface area contributed by atoms with Crippen molar-refractivity contribution in [3.8, 4) is 5.75 Å². The summed E-state index contributed by atoms with van der Waals surface area (Å²) in [5.41, 5.74) is 0.880. The van der Waals surface area contributed by atoms with Gasteiger partial charge in [-0.05, 0) is 42.0 Å². The Labute approximate surface area is 128 Å². The highest BCUT2D eigenvalue weighted by molar-refractivity contribution is 6.30. The normalized spacial score (nSPS) is 10.5. The van der Waals surface area contributed by atoms with Crippen LogP contribution in [0.5, 0.6) is 5.75 Å². The van der Waals surface area contributed by atoms with Crippen molar-refractivity contribution in [2.75, 3.05) is 13.2 Å². The van der Waals surface area contributed by atoms with E-state index in [0.29, 0.717) is 18.2 Å². The number of ether oxygens (including phenoxy) is 1. The summed E-state index contributed by atoms with van der Waals surface area (Å²) in [5.74, 6) is 0.554. The molecule has 1 N–H and O–H groups in total. The topological polar surface area (TPSA) is 51.2 Å². The molecule has 4 nitrogen and oxygen atoms in total. The number of carbonyl (C=O) groups is 1. The highest BCUT2D eigenvalue weighted by Crippen LogP contribution is 2.15. The summed E-state index contributed by atoms with van der Waals surface area (Å²) in [5, 5.41) is 3.40. The molecule has 0 radical (unpaired) electrons. The average molecular weight is 303 g/mol. The Hall–Kier alpha value is -2.33. The molecule has 2 aromatic rings. The summed E-state index contributed by atoms with van der Waals surface area (Å²) in [6.45, 7) is 0.826. The second-order valence-electron chi connectivity index (χ2n) is 4.21. The van der Waals surface area contributed by atoms with Gasteiger partial charge in [-0.15, -0.1) is 0 Å².